The second kappa shape index (κ2) is 6.26. The molecule has 0 radical (unpaired) electrons. The van der Waals surface area contributed by atoms with Gasteiger partial charge in [-0.05, 0) is 12.1 Å². The van der Waals surface area contributed by atoms with Crippen LogP contribution in [0.2, 0.25) is 0 Å². The van der Waals surface area contributed by atoms with Gasteiger partial charge in [-0.25, -0.2) is 0 Å². The zero-order chi connectivity index (χ0) is 13.7. The summed E-state index contributed by atoms with van der Waals surface area (Å²) in [5, 5.41) is 11.8. The van der Waals surface area contributed by atoms with Gasteiger partial charge in [0, 0.05) is 13.0 Å². The average molecular weight is 278 g/mol. The summed E-state index contributed by atoms with van der Waals surface area (Å²) in [6.45, 7) is 0.310. The van der Waals surface area contributed by atoms with E-state index in [0.717, 1.165) is 11.3 Å². The molecule has 0 saturated heterocycles. The van der Waals surface area contributed by atoms with Crippen LogP contribution in [0.25, 0.3) is 10.6 Å². The highest BCUT2D eigenvalue weighted by Gasteiger charge is 2.12. The molecule has 0 aliphatic rings. The van der Waals surface area contributed by atoms with Gasteiger partial charge in [-0.3, -0.25) is 4.79 Å². The van der Waals surface area contributed by atoms with Crippen LogP contribution in [0.5, 0.6) is 5.75 Å². The molecule has 0 bridgehead atoms. The van der Waals surface area contributed by atoms with Crippen LogP contribution in [0.3, 0.4) is 0 Å². The van der Waals surface area contributed by atoms with Gasteiger partial charge in [0.25, 0.3) is 0 Å². The third kappa shape index (κ3) is 3.27. The molecule has 0 fully saturated rings. The van der Waals surface area contributed by atoms with E-state index in [1.807, 2.05) is 24.3 Å². The van der Waals surface area contributed by atoms with Crippen molar-refractivity contribution in [3.8, 4) is 16.3 Å². The van der Waals surface area contributed by atoms with E-state index in [4.69, 9.17) is 10.5 Å². The molecule has 1 heterocycles. The number of hydrogen-bond acceptors (Lipinski definition) is 6. The van der Waals surface area contributed by atoms with Gasteiger partial charge in [0.2, 0.25) is 11.0 Å². The van der Waals surface area contributed by atoms with Gasteiger partial charge in [-0.1, -0.05) is 23.5 Å². The van der Waals surface area contributed by atoms with Crippen molar-refractivity contribution >= 4 is 22.4 Å². The number of rotatable bonds is 5. The van der Waals surface area contributed by atoms with Crippen LogP contribution < -0.4 is 15.8 Å². The molecular weight excluding hydrogens is 264 g/mol. The Balaban J connectivity index is 2.19. The van der Waals surface area contributed by atoms with E-state index in [2.05, 4.69) is 15.5 Å². The largest absolute Gasteiger partial charge is 0.496 e. The maximum atomic E-state index is 11.4. The molecule has 19 heavy (non-hydrogen) atoms. The highest BCUT2D eigenvalue weighted by atomic mass is 32.1. The quantitative estimate of drug-likeness (QED) is 0.865. The zero-order valence-electron chi connectivity index (χ0n) is 10.4. The summed E-state index contributed by atoms with van der Waals surface area (Å²) in [7, 11) is 1.60. The van der Waals surface area contributed by atoms with E-state index in [1.165, 1.54) is 11.3 Å². The number of hydrogen-bond donors (Lipinski definition) is 2. The Hall–Kier alpha value is -1.99. The highest BCUT2D eigenvalue weighted by Crippen LogP contribution is 2.33. The van der Waals surface area contributed by atoms with Gasteiger partial charge in [0.15, 0.2) is 5.01 Å². The average Bonchev–Trinajstić information content (AvgIpc) is 2.87. The van der Waals surface area contributed by atoms with E-state index in [-0.39, 0.29) is 12.3 Å². The van der Waals surface area contributed by atoms with Crippen molar-refractivity contribution in [2.45, 2.75) is 6.42 Å². The third-order valence-electron chi connectivity index (χ3n) is 2.38. The summed E-state index contributed by atoms with van der Waals surface area (Å²) >= 11 is 1.29. The number of nitrogens with two attached hydrogens (primary N) is 1. The van der Waals surface area contributed by atoms with Crippen LogP contribution in [0.15, 0.2) is 24.3 Å². The lowest BCUT2D eigenvalue weighted by Crippen LogP contribution is -2.15. The summed E-state index contributed by atoms with van der Waals surface area (Å²) < 4.78 is 5.26. The minimum atomic E-state index is -0.162. The molecule has 0 unspecified atom stereocenters. The first-order valence-corrected chi connectivity index (χ1v) is 6.53. The Kier molecular flexibility index (Phi) is 4.43. The Morgan fingerprint density at radius 2 is 2.21 bits per heavy atom. The van der Waals surface area contributed by atoms with Gasteiger partial charge in [-0.15, -0.1) is 10.2 Å². The van der Waals surface area contributed by atoms with Crippen molar-refractivity contribution in [1.29, 1.82) is 0 Å². The Morgan fingerprint density at radius 3 is 2.95 bits per heavy atom. The van der Waals surface area contributed by atoms with E-state index in [1.54, 1.807) is 7.11 Å². The SMILES string of the molecule is COc1ccccc1-c1nnc(NC(=O)CCN)s1. The fraction of sp³-hybridized carbons (Fsp3) is 0.250. The number of ether oxygens (including phenoxy) is 1. The molecule has 3 N–H and O–H groups in total. The van der Waals surface area contributed by atoms with Gasteiger partial charge in [-0.2, -0.15) is 0 Å². The summed E-state index contributed by atoms with van der Waals surface area (Å²) in [5.41, 5.74) is 6.16. The number of amides is 1. The third-order valence-corrected chi connectivity index (χ3v) is 3.25. The number of benzene rings is 1. The molecule has 1 aromatic heterocycles. The molecular formula is C12H14N4O2S. The summed E-state index contributed by atoms with van der Waals surface area (Å²) in [5.74, 6) is 0.559. The molecule has 2 rings (SSSR count). The molecule has 100 valence electrons. The monoisotopic (exact) mass is 278 g/mol. The fourth-order valence-corrected chi connectivity index (χ4v) is 2.31. The molecule has 2 aromatic rings. The minimum absolute atomic E-state index is 0.162. The molecule has 0 saturated carbocycles. The number of nitrogens with one attached hydrogen (secondary N) is 1. The van der Waals surface area contributed by atoms with Crippen LogP contribution in [0.1, 0.15) is 6.42 Å². The summed E-state index contributed by atoms with van der Waals surface area (Å²) in [4.78, 5) is 11.4. The molecule has 0 atom stereocenters. The van der Waals surface area contributed by atoms with Crippen molar-refractivity contribution in [3.63, 3.8) is 0 Å². The first-order valence-electron chi connectivity index (χ1n) is 5.71. The first-order chi connectivity index (χ1) is 9.24. The van der Waals surface area contributed by atoms with Crippen molar-refractivity contribution in [3.05, 3.63) is 24.3 Å². The standard InChI is InChI=1S/C12H14N4O2S/c1-18-9-5-3-2-4-8(9)11-15-16-12(19-11)14-10(17)6-7-13/h2-5H,6-7,13H2,1H3,(H,14,16,17). The Morgan fingerprint density at radius 1 is 1.42 bits per heavy atom. The second-order valence-corrected chi connectivity index (χ2v) is 4.68. The zero-order valence-corrected chi connectivity index (χ0v) is 11.2. The molecule has 1 aromatic carbocycles. The highest BCUT2D eigenvalue weighted by molar-refractivity contribution is 7.18. The van der Waals surface area contributed by atoms with Crippen LogP contribution in [0.4, 0.5) is 5.13 Å². The van der Waals surface area contributed by atoms with E-state index in [0.29, 0.717) is 16.7 Å². The second-order valence-electron chi connectivity index (χ2n) is 3.70. The lowest BCUT2D eigenvalue weighted by molar-refractivity contribution is -0.116. The Labute approximate surface area is 114 Å². The summed E-state index contributed by atoms with van der Waals surface area (Å²) in [6.07, 6.45) is 0.267. The van der Waals surface area contributed by atoms with Crippen LogP contribution >= 0.6 is 11.3 Å². The Bertz CT molecular complexity index is 570. The molecule has 1 amide bonds. The number of anilines is 1. The predicted molar refractivity (Wildman–Crippen MR) is 74.2 cm³/mol. The number of aromatic nitrogens is 2. The number of carbonyl (C=O) groups is 1. The van der Waals surface area contributed by atoms with Crippen molar-refractivity contribution < 1.29 is 9.53 Å². The summed E-state index contributed by atoms with van der Waals surface area (Å²) in [6, 6.07) is 7.52. The van der Waals surface area contributed by atoms with Crippen LogP contribution in [-0.4, -0.2) is 29.8 Å². The predicted octanol–water partition coefficient (Wildman–Crippen LogP) is 1.50. The van der Waals surface area contributed by atoms with Crippen molar-refractivity contribution in [1.82, 2.24) is 10.2 Å². The maximum absolute atomic E-state index is 11.4. The molecule has 6 nitrogen and oxygen atoms in total. The van der Waals surface area contributed by atoms with E-state index in [9.17, 15) is 4.79 Å². The maximum Gasteiger partial charge on any atom is 0.227 e. The van der Waals surface area contributed by atoms with Crippen molar-refractivity contribution in [2.24, 2.45) is 5.73 Å². The van der Waals surface area contributed by atoms with Crippen LogP contribution in [-0.2, 0) is 4.79 Å². The van der Waals surface area contributed by atoms with Gasteiger partial charge in [0.05, 0.1) is 12.7 Å². The van der Waals surface area contributed by atoms with E-state index >= 15 is 0 Å². The van der Waals surface area contributed by atoms with E-state index < -0.39 is 0 Å². The number of para-hydroxylation sites is 1. The van der Waals surface area contributed by atoms with Crippen LogP contribution in [0, 0.1) is 0 Å². The van der Waals surface area contributed by atoms with Crippen molar-refractivity contribution in [2.75, 3.05) is 19.0 Å². The minimum Gasteiger partial charge on any atom is -0.496 e. The normalized spacial score (nSPS) is 10.2. The molecule has 7 heteroatoms. The lowest BCUT2D eigenvalue weighted by atomic mass is 10.2. The topological polar surface area (TPSA) is 90.1 Å². The van der Waals surface area contributed by atoms with Gasteiger partial charge < -0.3 is 15.8 Å². The molecule has 0 aliphatic heterocycles. The fourth-order valence-electron chi connectivity index (χ4n) is 1.52. The smallest absolute Gasteiger partial charge is 0.227 e. The number of methoxy groups -OCH3 is 1. The number of carbonyl (C=O) groups excluding carboxylic acids is 1. The van der Waals surface area contributed by atoms with Gasteiger partial charge in [0.1, 0.15) is 5.75 Å². The number of nitrogens with zero attached hydrogens (tertiary/aromatic N) is 2. The first kappa shape index (κ1) is 13.4. The molecule has 0 aliphatic carbocycles. The lowest BCUT2D eigenvalue weighted by Gasteiger charge is -2.03. The molecule has 0 spiro atoms. The van der Waals surface area contributed by atoms with Gasteiger partial charge >= 0.3 is 0 Å².